The van der Waals surface area contributed by atoms with Crippen molar-refractivity contribution in [1.82, 2.24) is 9.80 Å². The summed E-state index contributed by atoms with van der Waals surface area (Å²) in [5.74, 6) is 2.22. The standard InChI is InChI=1S/2C7H13N.ClHO4/c2*1-4-8-5-2-7(1)3-6-8;2-1(3,4)5/h2*7H,1-6H2;(H,2,3,4,5). The van der Waals surface area contributed by atoms with Gasteiger partial charge in [-0.25, -0.2) is 0 Å². The Morgan fingerprint density at radius 2 is 0.810 bits per heavy atom. The highest BCUT2D eigenvalue weighted by Gasteiger charge is 2.25. The van der Waals surface area contributed by atoms with Crippen molar-refractivity contribution in [3.05, 3.63) is 0 Å². The number of fused-ring (bicyclic) bond motifs is 6. The largest absolute Gasteiger partial charge is 0.303 e. The van der Waals surface area contributed by atoms with E-state index in [-0.39, 0.29) is 0 Å². The van der Waals surface area contributed by atoms with Gasteiger partial charge in [0.05, 0.1) is 14.9 Å². The van der Waals surface area contributed by atoms with E-state index in [0.29, 0.717) is 0 Å². The lowest BCUT2D eigenvalue weighted by molar-refractivity contribution is -1.92. The molecule has 0 amide bonds. The fraction of sp³-hybridized carbons (Fsp3) is 1.00. The molecule has 0 aliphatic carbocycles. The molecule has 4 bridgehead atoms. The molecule has 0 atom stereocenters. The van der Waals surface area contributed by atoms with Gasteiger partial charge in [0.25, 0.3) is 0 Å². The molecule has 6 saturated heterocycles. The molecular formula is C14H27ClN2O4. The summed E-state index contributed by atoms with van der Waals surface area (Å²) in [7, 11) is -4.69. The van der Waals surface area contributed by atoms with Gasteiger partial charge in [-0.3, -0.25) is 0 Å². The lowest BCUT2D eigenvalue weighted by Gasteiger charge is -2.38. The predicted molar refractivity (Wildman–Crippen MR) is 69.8 cm³/mol. The monoisotopic (exact) mass is 322 g/mol. The average Bonchev–Trinajstić information content (AvgIpc) is 2.50. The van der Waals surface area contributed by atoms with Crippen molar-refractivity contribution in [3.63, 3.8) is 0 Å². The molecule has 6 aliphatic rings. The van der Waals surface area contributed by atoms with Gasteiger partial charge in [-0.05, 0) is 89.6 Å². The summed E-state index contributed by atoms with van der Waals surface area (Å²) < 4.78 is 32.7. The van der Waals surface area contributed by atoms with Crippen molar-refractivity contribution in [2.45, 2.75) is 38.5 Å². The van der Waals surface area contributed by atoms with Crippen LogP contribution in [0, 0.1) is 22.1 Å². The number of hydrogen-bond acceptors (Lipinski definition) is 6. The Hall–Kier alpha value is 0.0500. The van der Waals surface area contributed by atoms with Crippen LogP contribution in [0.1, 0.15) is 38.5 Å². The Balaban J connectivity index is 0.000000120. The molecule has 7 heteroatoms. The summed E-state index contributed by atoms with van der Waals surface area (Å²) in [6, 6.07) is 0. The fourth-order valence-corrected chi connectivity index (χ4v) is 3.73. The Morgan fingerprint density at radius 3 is 0.857 bits per heavy atom. The fourth-order valence-electron chi connectivity index (χ4n) is 3.73. The van der Waals surface area contributed by atoms with E-state index in [1.54, 1.807) is 0 Å². The first-order chi connectivity index (χ1) is 9.90. The third kappa shape index (κ3) is 7.23. The Bertz CT molecular complexity index is 222. The van der Waals surface area contributed by atoms with Crippen LogP contribution in [0.4, 0.5) is 0 Å². The van der Waals surface area contributed by atoms with Gasteiger partial charge in [0.15, 0.2) is 0 Å². The van der Waals surface area contributed by atoms with Gasteiger partial charge in [0.2, 0.25) is 0 Å². The topological polar surface area (TPSA) is 95.9 Å². The Kier molecular flexibility index (Phi) is 6.68. The molecule has 6 fully saturated rings. The summed E-state index contributed by atoms with van der Waals surface area (Å²) >= 11 is 0. The van der Waals surface area contributed by atoms with Crippen LogP contribution in [0.15, 0.2) is 0 Å². The highest BCUT2D eigenvalue weighted by atomic mass is 35.7. The second kappa shape index (κ2) is 8.06. The molecule has 21 heavy (non-hydrogen) atoms. The zero-order chi connectivity index (χ0) is 15.3. The van der Waals surface area contributed by atoms with Crippen LogP contribution in [0.25, 0.3) is 0 Å². The predicted octanol–water partition coefficient (Wildman–Crippen LogP) is -1.92. The van der Waals surface area contributed by atoms with Gasteiger partial charge in [0, 0.05) is 0 Å². The van der Waals surface area contributed by atoms with E-state index in [0.717, 1.165) is 11.8 Å². The van der Waals surface area contributed by atoms with E-state index in [2.05, 4.69) is 9.80 Å². The first-order valence-corrected chi connectivity index (χ1v) is 9.24. The molecule has 124 valence electrons. The van der Waals surface area contributed by atoms with Gasteiger partial charge in [-0.1, -0.05) is 0 Å². The van der Waals surface area contributed by atoms with Crippen molar-refractivity contribution in [1.29, 1.82) is 0 Å². The maximum atomic E-state index is 8.60. The van der Waals surface area contributed by atoms with Crippen LogP contribution in [-0.4, -0.2) is 53.7 Å². The lowest BCUT2D eigenvalue weighted by Crippen LogP contribution is -2.58. The minimum absolute atomic E-state index is 1.11. The molecule has 0 aromatic rings. The summed E-state index contributed by atoms with van der Waals surface area (Å²) in [6.07, 6.45) is 8.92. The van der Waals surface area contributed by atoms with Crippen molar-refractivity contribution in [2.75, 3.05) is 39.3 Å². The SMILES string of the molecule is C1CN2CCC1CC2.C1CN2CCC1CC2.[O-][Cl+3]([O-])([O-])O. The summed E-state index contributed by atoms with van der Waals surface area (Å²) in [4.78, 5) is 5.17. The number of nitrogens with zero attached hydrogens (tertiary/aromatic N) is 2. The lowest BCUT2D eigenvalue weighted by atomic mass is 9.89. The number of halogens is 1. The molecule has 0 aromatic carbocycles. The second-order valence-electron chi connectivity index (χ2n) is 6.54. The van der Waals surface area contributed by atoms with Gasteiger partial charge < -0.3 is 9.80 Å². The third-order valence-electron chi connectivity index (χ3n) is 5.12. The molecule has 6 nitrogen and oxygen atoms in total. The maximum absolute atomic E-state index is 8.60. The van der Waals surface area contributed by atoms with Crippen LogP contribution in [0.3, 0.4) is 0 Å². The van der Waals surface area contributed by atoms with E-state index in [1.165, 1.54) is 77.8 Å². The molecule has 0 saturated carbocycles. The first kappa shape index (κ1) is 17.4. The Labute approximate surface area is 129 Å². The highest BCUT2D eigenvalue weighted by Crippen LogP contribution is 2.26. The molecule has 6 heterocycles. The van der Waals surface area contributed by atoms with E-state index < -0.39 is 10.2 Å². The van der Waals surface area contributed by atoms with Crippen molar-refractivity contribution in [3.8, 4) is 0 Å². The van der Waals surface area contributed by atoms with Gasteiger partial charge >= 0.3 is 0 Å². The quantitative estimate of drug-likeness (QED) is 0.558. The molecule has 0 radical (unpaired) electrons. The smallest absolute Gasteiger partial charge is 0.0777 e. The molecule has 1 N–H and O–H groups in total. The van der Waals surface area contributed by atoms with E-state index >= 15 is 0 Å². The van der Waals surface area contributed by atoms with Crippen LogP contribution in [0.2, 0.25) is 0 Å². The Morgan fingerprint density at radius 1 is 0.619 bits per heavy atom. The summed E-state index contributed by atoms with van der Waals surface area (Å²) in [5.41, 5.74) is 0. The van der Waals surface area contributed by atoms with Gasteiger partial charge in [0.1, 0.15) is 0 Å². The van der Waals surface area contributed by atoms with Crippen LogP contribution in [-0.2, 0) is 0 Å². The van der Waals surface area contributed by atoms with E-state index in [1.807, 2.05) is 0 Å². The molecular weight excluding hydrogens is 296 g/mol. The second-order valence-corrected chi connectivity index (χ2v) is 7.34. The number of rotatable bonds is 0. The normalized spacial score (nSPS) is 37.1. The molecule has 0 unspecified atom stereocenters. The zero-order valence-electron chi connectivity index (χ0n) is 12.6. The maximum Gasteiger partial charge on any atom is 0.0777 e. The van der Waals surface area contributed by atoms with Crippen molar-refractivity contribution < 1.29 is 28.9 Å². The minimum Gasteiger partial charge on any atom is -0.303 e. The molecule has 6 aliphatic heterocycles. The van der Waals surface area contributed by atoms with Crippen LogP contribution in [0.5, 0.6) is 0 Å². The molecule has 0 aromatic heterocycles. The van der Waals surface area contributed by atoms with Gasteiger partial charge in [-0.2, -0.15) is 14.0 Å². The van der Waals surface area contributed by atoms with Gasteiger partial charge in [-0.15, -0.1) is 0 Å². The molecule has 0 spiro atoms. The summed E-state index contributed by atoms with van der Waals surface area (Å²) in [6.45, 7) is 8.36. The number of piperidine rings is 6. The average molecular weight is 323 g/mol. The van der Waals surface area contributed by atoms with Crippen LogP contribution >= 0.6 is 0 Å². The third-order valence-corrected chi connectivity index (χ3v) is 5.12. The first-order valence-electron chi connectivity index (χ1n) is 7.98. The van der Waals surface area contributed by atoms with Crippen LogP contribution < -0.4 is 14.0 Å². The minimum atomic E-state index is -4.69. The van der Waals surface area contributed by atoms with E-state index in [9.17, 15) is 0 Å². The summed E-state index contributed by atoms with van der Waals surface area (Å²) in [5, 5.41) is 0. The van der Waals surface area contributed by atoms with E-state index in [4.69, 9.17) is 18.6 Å². The highest BCUT2D eigenvalue weighted by molar-refractivity contribution is 4.79. The molecule has 6 rings (SSSR count). The number of hydrogen-bond donors (Lipinski definition) is 1. The van der Waals surface area contributed by atoms with Crippen molar-refractivity contribution in [2.24, 2.45) is 11.8 Å². The zero-order valence-corrected chi connectivity index (χ0v) is 13.3. The van der Waals surface area contributed by atoms with Crippen molar-refractivity contribution >= 4 is 0 Å².